The first-order chi connectivity index (χ1) is 8.14. The fourth-order valence-corrected chi connectivity index (χ4v) is 2.97. The van der Waals surface area contributed by atoms with Crippen molar-refractivity contribution in [2.75, 3.05) is 6.54 Å². The fourth-order valence-electron chi connectivity index (χ4n) is 2.97. The Labute approximate surface area is 101 Å². The minimum Gasteiger partial charge on any atom is -0.393 e. The van der Waals surface area contributed by atoms with Crippen molar-refractivity contribution >= 4 is 10.9 Å². The molecule has 1 saturated carbocycles. The van der Waals surface area contributed by atoms with Gasteiger partial charge in [-0.05, 0) is 42.0 Å². The summed E-state index contributed by atoms with van der Waals surface area (Å²) < 4.78 is 2.11. The zero-order chi connectivity index (χ0) is 12.0. The molecule has 0 aliphatic heterocycles. The highest BCUT2D eigenvalue weighted by Crippen LogP contribution is 2.43. The first kappa shape index (κ1) is 10.8. The number of aryl methyl sites for hydroxylation is 1. The Balaban J connectivity index is 2.06. The van der Waals surface area contributed by atoms with Crippen LogP contribution in [0.15, 0.2) is 30.5 Å². The van der Waals surface area contributed by atoms with Crippen LogP contribution in [-0.2, 0) is 12.5 Å². The third-order valence-corrected chi connectivity index (χ3v) is 4.14. The average Bonchev–Trinajstić information content (AvgIpc) is 2.66. The molecule has 3 N–H and O–H groups in total. The van der Waals surface area contributed by atoms with Crippen LogP contribution in [0, 0.1) is 0 Å². The van der Waals surface area contributed by atoms with Crippen LogP contribution in [0.3, 0.4) is 0 Å². The quantitative estimate of drug-likeness (QED) is 0.822. The summed E-state index contributed by atoms with van der Waals surface area (Å²) in [4.78, 5) is 0. The number of benzene rings is 1. The summed E-state index contributed by atoms with van der Waals surface area (Å²) in [7, 11) is 2.05. The van der Waals surface area contributed by atoms with Gasteiger partial charge in [0.15, 0.2) is 0 Å². The molecule has 17 heavy (non-hydrogen) atoms. The third-order valence-electron chi connectivity index (χ3n) is 4.14. The Bertz CT molecular complexity index is 552. The lowest BCUT2D eigenvalue weighted by molar-refractivity contribution is 0.0222. The van der Waals surface area contributed by atoms with Gasteiger partial charge in [0.2, 0.25) is 0 Å². The van der Waals surface area contributed by atoms with Crippen LogP contribution in [0.1, 0.15) is 18.4 Å². The highest BCUT2D eigenvalue weighted by atomic mass is 16.3. The van der Waals surface area contributed by atoms with E-state index in [9.17, 15) is 5.11 Å². The van der Waals surface area contributed by atoms with E-state index in [0.29, 0.717) is 6.54 Å². The summed E-state index contributed by atoms with van der Waals surface area (Å²) in [5, 5.41) is 10.8. The molecule has 2 aromatic rings. The summed E-state index contributed by atoms with van der Waals surface area (Å²) in [6.45, 7) is 0.613. The monoisotopic (exact) mass is 230 g/mol. The normalized spacial score (nSPS) is 28.3. The van der Waals surface area contributed by atoms with Crippen LogP contribution in [0.5, 0.6) is 0 Å². The smallest absolute Gasteiger partial charge is 0.0558 e. The zero-order valence-electron chi connectivity index (χ0n) is 10.1. The van der Waals surface area contributed by atoms with Crippen LogP contribution < -0.4 is 5.73 Å². The number of hydrogen-bond donors (Lipinski definition) is 2. The van der Waals surface area contributed by atoms with Gasteiger partial charge in [-0.25, -0.2) is 0 Å². The van der Waals surface area contributed by atoms with Crippen molar-refractivity contribution in [1.82, 2.24) is 4.57 Å². The van der Waals surface area contributed by atoms with Gasteiger partial charge in [-0.15, -0.1) is 0 Å². The molecule has 0 atom stereocenters. The van der Waals surface area contributed by atoms with Crippen molar-refractivity contribution in [2.24, 2.45) is 12.8 Å². The maximum absolute atomic E-state index is 9.53. The van der Waals surface area contributed by atoms with Gasteiger partial charge in [0.1, 0.15) is 0 Å². The molecule has 0 bridgehead atoms. The molecule has 1 heterocycles. The predicted octanol–water partition coefficient (Wildman–Crippen LogP) is 1.53. The molecular formula is C14H18N2O. The highest BCUT2D eigenvalue weighted by molar-refractivity contribution is 5.81. The second-order valence-corrected chi connectivity index (χ2v) is 5.25. The number of aliphatic hydroxyl groups excluding tert-OH is 1. The van der Waals surface area contributed by atoms with E-state index in [4.69, 9.17) is 5.73 Å². The summed E-state index contributed by atoms with van der Waals surface area (Å²) in [6, 6.07) is 8.64. The Morgan fingerprint density at radius 1 is 1.41 bits per heavy atom. The molecule has 1 aromatic heterocycles. The SMILES string of the molecule is Cn1ccc2cc(C3(CN)CC(O)C3)ccc21. The summed E-state index contributed by atoms with van der Waals surface area (Å²) >= 11 is 0. The molecule has 0 spiro atoms. The van der Waals surface area contributed by atoms with E-state index in [1.54, 1.807) is 0 Å². The second-order valence-electron chi connectivity index (χ2n) is 5.25. The molecule has 1 aromatic carbocycles. The third kappa shape index (κ3) is 1.50. The first-order valence-corrected chi connectivity index (χ1v) is 6.08. The van der Waals surface area contributed by atoms with Gasteiger partial charge in [-0.1, -0.05) is 6.07 Å². The van der Waals surface area contributed by atoms with Crippen LogP contribution in [-0.4, -0.2) is 22.3 Å². The van der Waals surface area contributed by atoms with Crippen molar-refractivity contribution in [3.05, 3.63) is 36.0 Å². The predicted molar refractivity (Wildman–Crippen MR) is 68.9 cm³/mol. The van der Waals surface area contributed by atoms with Crippen LogP contribution >= 0.6 is 0 Å². The van der Waals surface area contributed by atoms with E-state index < -0.39 is 0 Å². The maximum atomic E-state index is 9.53. The Hall–Kier alpha value is -1.32. The second kappa shape index (κ2) is 3.59. The van der Waals surface area contributed by atoms with Gasteiger partial charge < -0.3 is 15.4 Å². The Morgan fingerprint density at radius 3 is 2.82 bits per heavy atom. The lowest BCUT2D eigenvalue weighted by Gasteiger charge is -2.45. The van der Waals surface area contributed by atoms with Gasteiger partial charge >= 0.3 is 0 Å². The molecule has 1 aliphatic carbocycles. The number of fused-ring (bicyclic) bond motifs is 1. The molecule has 1 aliphatic rings. The van der Waals surface area contributed by atoms with Gasteiger partial charge in [0.05, 0.1) is 6.10 Å². The first-order valence-electron chi connectivity index (χ1n) is 6.08. The number of aromatic nitrogens is 1. The van der Waals surface area contributed by atoms with Crippen molar-refractivity contribution in [3.63, 3.8) is 0 Å². The van der Waals surface area contributed by atoms with E-state index in [2.05, 4.69) is 35.0 Å². The number of hydrogen-bond acceptors (Lipinski definition) is 2. The van der Waals surface area contributed by atoms with E-state index in [-0.39, 0.29) is 11.5 Å². The minimum atomic E-state index is -0.176. The molecule has 0 saturated heterocycles. The summed E-state index contributed by atoms with van der Waals surface area (Å²) in [5.74, 6) is 0. The van der Waals surface area contributed by atoms with Crippen molar-refractivity contribution < 1.29 is 5.11 Å². The minimum absolute atomic E-state index is 0.00342. The maximum Gasteiger partial charge on any atom is 0.0558 e. The van der Waals surface area contributed by atoms with E-state index >= 15 is 0 Å². The fraction of sp³-hybridized carbons (Fsp3) is 0.429. The van der Waals surface area contributed by atoms with Crippen molar-refractivity contribution in [3.8, 4) is 0 Å². The largest absolute Gasteiger partial charge is 0.393 e. The standard InChI is InChI=1S/C14H18N2O/c1-16-5-4-10-6-11(2-3-13(10)16)14(9-15)7-12(17)8-14/h2-6,12,17H,7-9,15H2,1H3. The molecule has 3 nitrogen and oxygen atoms in total. The van der Waals surface area contributed by atoms with Gasteiger partial charge in [0, 0.05) is 30.7 Å². The van der Waals surface area contributed by atoms with Gasteiger partial charge in [0.25, 0.3) is 0 Å². The average molecular weight is 230 g/mol. The number of nitrogens with zero attached hydrogens (tertiary/aromatic N) is 1. The molecule has 3 heteroatoms. The van der Waals surface area contributed by atoms with E-state index in [1.165, 1.54) is 16.5 Å². The summed E-state index contributed by atoms with van der Waals surface area (Å²) in [5.41, 5.74) is 8.40. The molecule has 0 amide bonds. The van der Waals surface area contributed by atoms with Gasteiger partial charge in [-0.2, -0.15) is 0 Å². The molecular weight excluding hydrogens is 212 g/mol. The lowest BCUT2D eigenvalue weighted by atomic mass is 9.62. The van der Waals surface area contributed by atoms with E-state index in [1.807, 2.05) is 7.05 Å². The number of rotatable bonds is 2. The zero-order valence-corrected chi connectivity index (χ0v) is 10.1. The number of nitrogens with two attached hydrogens (primary N) is 1. The van der Waals surface area contributed by atoms with Crippen LogP contribution in [0.4, 0.5) is 0 Å². The molecule has 1 fully saturated rings. The van der Waals surface area contributed by atoms with Gasteiger partial charge in [-0.3, -0.25) is 0 Å². The molecule has 0 radical (unpaired) electrons. The molecule has 90 valence electrons. The van der Waals surface area contributed by atoms with E-state index in [0.717, 1.165) is 12.8 Å². The summed E-state index contributed by atoms with van der Waals surface area (Å²) in [6.07, 6.45) is 3.48. The highest BCUT2D eigenvalue weighted by Gasteiger charge is 2.43. The van der Waals surface area contributed by atoms with Crippen LogP contribution in [0.25, 0.3) is 10.9 Å². The number of aliphatic hydroxyl groups is 1. The van der Waals surface area contributed by atoms with Crippen molar-refractivity contribution in [1.29, 1.82) is 0 Å². The molecule has 3 rings (SSSR count). The lowest BCUT2D eigenvalue weighted by Crippen LogP contribution is -2.49. The Morgan fingerprint density at radius 2 is 2.18 bits per heavy atom. The Kier molecular flexibility index (Phi) is 2.28. The van der Waals surface area contributed by atoms with Crippen molar-refractivity contribution in [2.45, 2.75) is 24.4 Å². The molecule has 0 unspecified atom stereocenters. The topological polar surface area (TPSA) is 51.2 Å². The van der Waals surface area contributed by atoms with Crippen LogP contribution in [0.2, 0.25) is 0 Å².